The molecule has 0 heterocycles. The fourth-order valence-corrected chi connectivity index (χ4v) is 1.75. The number of carbonyl (C=O) groups is 2. The van der Waals surface area contributed by atoms with Gasteiger partial charge in [0.25, 0.3) is 0 Å². The topological polar surface area (TPSA) is 55.4 Å². The van der Waals surface area contributed by atoms with Crippen LogP contribution in [0.3, 0.4) is 0 Å². The molecular weight excluding hydrogens is 262 g/mol. The lowest BCUT2D eigenvalue weighted by Gasteiger charge is -2.22. The summed E-state index contributed by atoms with van der Waals surface area (Å²) < 4.78 is 5.09. The molecule has 1 unspecified atom stereocenters. The molecule has 0 rings (SSSR count). The maximum Gasteiger partial charge on any atom is 0.408 e. The third-order valence-electron chi connectivity index (χ3n) is 1.82. The van der Waals surface area contributed by atoms with E-state index in [9.17, 15) is 9.59 Å². The molecule has 0 aliphatic carbocycles. The summed E-state index contributed by atoms with van der Waals surface area (Å²) in [6.45, 7) is 5.31. The second kappa shape index (κ2) is 7.82. The Morgan fingerprint density at radius 3 is 2.41 bits per heavy atom. The van der Waals surface area contributed by atoms with E-state index in [0.717, 1.165) is 5.75 Å². The molecule has 17 heavy (non-hydrogen) atoms. The number of ketones is 1. The Labute approximate surface area is 112 Å². The van der Waals surface area contributed by atoms with E-state index in [-0.39, 0.29) is 11.7 Å². The van der Waals surface area contributed by atoms with Crippen molar-refractivity contribution in [2.24, 2.45) is 0 Å². The first-order chi connectivity index (χ1) is 7.80. The van der Waals surface area contributed by atoms with Crippen molar-refractivity contribution in [2.45, 2.75) is 38.8 Å². The molecule has 6 heteroatoms. The molecule has 1 N–H and O–H groups in total. The summed E-state index contributed by atoms with van der Waals surface area (Å²) in [5.41, 5.74) is -0.571. The molecule has 0 aromatic rings. The van der Waals surface area contributed by atoms with Crippen LogP contribution < -0.4 is 5.32 Å². The van der Waals surface area contributed by atoms with E-state index < -0.39 is 17.7 Å². The number of thioether (sulfide) groups is 1. The number of Topliss-reactive ketones (excluding diaryl/α,β-unsaturated/α-hetero) is 1. The molecule has 0 aliphatic rings. The quantitative estimate of drug-likeness (QED) is 0.760. The molecule has 0 saturated carbocycles. The predicted octanol–water partition coefficient (Wildman–Crippen LogP) is 2.44. The van der Waals surface area contributed by atoms with Gasteiger partial charge in [-0.1, -0.05) is 0 Å². The molecule has 0 spiro atoms. The molecule has 4 nitrogen and oxygen atoms in total. The summed E-state index contributed by atoms with van der Waals surface area (Å²) >= 11 is 7.10. The predicted molar refractivity (Wildman–Crippen MR) is 71.9 cm³/mol. The Balaban J connectivity index is 4.32. The number of ether oxygens (including phenoxy) is 1. The normalized spacial score (nSPS) is 13.0. The number of hydrogen-bond donors (Lipinski definition) is 1. The van der Waals surface area contributed by atoms with E-state index in [4.69, 9.17) is 16.3 Å². The highest BCUT2D eigenvalue weighted by Gasteiger charge is 2.23. The van der Waals surface area contributed by atoms with E-state index in [1.807, 2.05) is 6.26 Å². The van der Waals surface area contributed by atoms with Crippen molar-refractivity contribution in [1.29, 1.82) is 0 Å². The van der Waals surface area contributed by atoms with E-state index >= 15 is 0 Å². The molecule has 0 aromatic heterocycles. The first kappa shape index (κ1) is 16.6. The highest BCUT2D eigenvalue weighted by atomic mass is 35.5. The number of halogens is 1. The molecule has 1 atom stereocenters. The summed E-state index contributed by atoms with van der Waals surface area (Å²) in [5, 5.41) is 2.55. The van der Waals surface area contributed by atoms with Crippen LogP contribution >= 0.6 is 23.4 Å². The number of alkyl halides is 1. The van der Waals surface area contributed by atoms with Crippen molar-refractivity contribution >= 4 is 35.2 Å². The van der Waals surface area contributed by atoms with Crippen LogP contribution in [0.25, 0.3) is 0 Å². The maximum atomic E-state index is 11.5. The van der Waals surface area contributed by atoms with Crippen LogP contribution in [0.2, 0.25) is 0 Å². The van der Waals surface area contributed by atoms with Crippen LogP contribution in [0.5, 0.6) is 0 Å². The lowest BCUT2D eigenvalue weighted by atomic mass is 10.1. The summed E-state index contributed by atoms with van der Waals surface area (Å²) in [4.78, 5) is 23.0. The Morgan fingerprint density at radius 2 is 2.00 bits per heavy atom. The molecule has 0 aliphatic heterocycles. The van der Waals surface area contributed by atoms with E-state index in [1.165, 1.54) is 0 Å². The summed E-state index contributed by atoms with van der Waals surface area (Å²) in [5.74, 6) is 0.490. The Kier molecular flexibility index (Phi) is 7.63. The minimum absolute atomic E-state index is 0.102. The van der Waals surface area contributed by atoms with Gasteiger partial charge in [0.15, 0.2) is 5.78 Å². The number of rotatable bonds is 6. The largest absolute Gasteiger partial charge is 0.444 e. The van der Waals surface area contributed by atoms with Crippen LogP contribution in [-0.4, -0.2) is 41.4 Å². The van der Waals surface area contributed by atoms with Crippen molar-refractivity contribution in [1.82, 2.24) is 5.32 Å². The Bertz CT molecular complexity index is 266. The van der Waals surface area contributed by atoms with Crippen LogP contribution in [0.1, 0.15) is 27.2 Å². The first-order valence-electron chi connectivity index (χ1n) is 5.37. The van der Waals surface area contributed by atoms with Gasteiger partial charge in [-0.2, -0.15) is 11.8 Å². The van der Waals surface area contributed by atoms with Gasteiger partial charge in [-0.15, -0.1) is 11.6 Å². The van der Waals surface area contributed by atoms with Gasteiger partial charge in [-0.05, 0) is 39.2 Å². The van der Waals surface area contributed by atoms with E-state index in [2.05, 4.69) is 5.32 Å². The summed E-state index contributed by atoms with van der Waals surface area (Å²) in [7, 11) is 0. The van der Waals surface area contributed by atoms with E-state index in [0.29, 0.717) is 6.42 Å². The van der Waals surface area contributed by atoms with Gasteiger partial charge in [0, 0.05) is 0 Å². The SMILES string of the molecule is CSCCC(NC(=O)OC(C)(C)C)C(=O)CCl. The van der Waals surface area contributed by atoms with Gasteiger partial charge in [0.2, 0.25) is 0 Å². The van der Waals surface area contributed by atoms with Crippen LogP contribution in [0, 0.1) is 0 Å². The highest BCUT2D eigenvalue weighted by Crippen LogP contribution is 2.08. The van der Waals surface area contributed by atoms with Gasteiger partial charge >= 0.3 is 6.09 Å². The van der Waals surface area contributed by atoms with Gasteiger partial charge in [-0.3, -0.25) is 4.79 Å². The Morgan fingerprint density at radius 1 is 1.41 bits per heavy atom. The molecule has 0 aromatic carbocycles. The minimum Gasteiger partial charge on any atom is -0.444 e. The van der Waals surface area contributed by atoms with Gasteiger partial charge in [-0.25, -0.2) is 4.79 Å². The Hall–Kier alpha value is -0.420. The van der Waals surface area contributed by atoms with Gasteiger partial charge < -0.3 is 10.1 Å². The van der Waals surface area contributed by atoms with Gasteiger partial charge in [0.1, 0.15) is 5.60 Å². The zero-order valence-corrected chi connectivity index (χ0v) is 12.3. The van der Waals surface area contributed by atoms with E-state index in [1.54, 1.807) is 32.5 Å². The number of nitrogens with one attached hydrogen (secondary N) is 1. The van der Waals surface area contributed by atoms with Crippen molar-refractivity contribution in [3.8, 4) is 0 Å². The molecular formula is C11H20ClNO3S. The fourth-order valence-electron chi connectivity index (χ4n) is 1.09. The zero-order chi connectivity index (χ0) is 13.5. The molecule has 1 amide bonds. The molecule has 0 radical (unpaired) electrons. The fraction of sp³-hybridized carbons (Fsp3) is 0.818. The third-order valence-corrected chi connectivity index (χ3v) is 2.73. The second-order valence-corrected chi connectivity index (χ2v) is 5.83. The molecule has 0 fully saturated rings. The zero-order valence-electron chi connectivity index (χ0n) is 10.7. The van der Waals surface area contributed by atoms with Gasteiger partial charge in [0.05, 0.1) is 11.9 Å². The highest BCUT2D eigenvalue weighted by molar-refractivity contribution is 7.98. The lowest BCUT2D eigenvalue weighted by molar-refractivity contribution is -0.118. The summed E-state index contributed by atoms with van der Waals surface area (Å²) in [6, 6.07) is -0.560. The van der Waals surface area contributed by atoms with Crippen LogP contribution in [0.4, 0.5) is 4.79 Å². The molecule has 0 saturated heterocycles. The van der Waals surface area contributed by atoms with Crippen LogP contribution in [-0.2, 0) is 9.53 Å². The second-order valence-electron chi connectivity index (χ2n) is 4.58. The van der Waals surface area contributed by atoms with Crippen molar-refractivity contribution in [3.63, 3.8) is 0 Å². The van der Waals surface area contributed by atoms with Crippen molar-refractivity contribution < 1.29 is 14.3 Å². The number of amides is 1. The maximum absolute atomic E-state index is 11.5. The van der Waals surface area contributed by atoms with Crippen LogP contribution in [0.15, 0.2) is 0 Å². The number of alkyl carbamates (subject to hydrolysis) is 1. The lowest BCUT2D eigenvalue weighted by Crippen LogP contribution is -2.44. The average molecular weight is 282 g/mol. The number of hydrogen-bond acceptors (Lipinski definition) is 4. The minimum atomic E-state index is -0.581. The third kappa shape index (κ3) is 8.32. The average Bonchev–Trinajstić information content (AvgIpc) is 2.20. The summed E-state index contributed by atoms with van der Waals surface area (Å²) in [6.07, 6.45) is 1.92. The van der Waals surface area contributed by atoms with Crippen molar-refractivity contribution in [3.05, 3.63) is 0 Å². The molecule has 0 bridgehead atoms. The van der Waals surface area contributed by atoms with Crippen molar-refractivity contribution in [2.75, 3.05) is 17.9 Å². The smallest absolute Gasteiger partial charge is 0.408 e. The standard InChI is InChI=1S/C11H20ClNO3S/c1-11(2,3)16-10(15)13-8(5-6-17-4)9(14)7-12/h8H,5-7H2,1-4H3,(H,13,15). The monoisotopic (exact) mass is 281 g/mol. The first-order valence-corrected chi connectivity index (χ1v) is 7.30. The molecule has 100 valence electrons. The number of carbonyl (C=O) groups excluding carboxylic acids is 2.